The van der Waals surface area contributed by atoms with Gasteiger partial charge in [-0.3, -0.25) is 4.79 Å². The molecule has 0 aliphatic carbocycles. The van der Waals surface area contributed by atoms with Crippen LogP contribution in [-0.4, -0.2) is 32.8 Å². The van der Waals surface area contributed by atoms with Crippen LogP contribution in [0.3, 0.4) is 0 Å². The molecule has 2 aromatic rings. The fourth-order valence-electron chi connectivity index (χ4n) is 2.26. The molecular formula is C16H18ClN3O3. The molecule has 0 radical (unpaired) electrons. The number of carboxylic acid groups (broad SMARTS) is 1. The Bertz CT molecular complexity index is 710. The molecule has 0 aliphatic rings. The number of halogens is 1. The lowest BCUT2D eigenvalue weighted by Crippen LogP contribution is -2.40. The van der Waals surface area contributed by atoms with Crippen LogP contribution in [0.25, 0.3) is 5.69 Å². The van der Waals surface area contributed by atoms with Gasteiger partial charge in [0, 0.05) is 5.02 Å². The molecule has 0 aliphatic heterocycles. The van der Waals surface area contributed by atoms with Gasteiger partial charge < -0.3 is 10.4 Å². The molecule has 1 aromatic carbocycles. The SMILES string of the molecule is CCCC(NC(=O)c1cnn(-c2ccc(Cl)cc2)c1C)C(=O)O. The first-order valence-electron chi connectivity index (χ1n) is 7.28. The lowest BCUT2D eigenvalue weighted by molar-refractivity contribution is -0.139. The third-order valence-electron chi connectivity index (χ3n) is 3.51. The van der Waals surface area contributed by atoms with Crippen molar-refractivity contribution in [3.8, 4) is 5.69 Å². The van der Waals surface area contributed by atoms with Gasteiger partial charge in [0.05, 0.1) is 23.1 Å². The highest BCUT2D eigenvalue weighted by molar-refractivity contribution is 6.30. The number of carbonyl (C=O) groups excluding carboxylic acids is 1. The Morgan fingerprint density at radius 1 is 1.35 bits per heavy atom. The first-order chi connectivity index (χ1) is 10.9. The monoisotopic (exact) mass is 335 g/mol. The van der Waals surface area contributed by atoms with Crippen molar-refractivity contribution in [1.82, 2.24) is 15.1 Å². The van der Waals surface area contributed by atoms with Crippen LogP contribution >= 0.6 is 11.6 Å². The van der Waals surface area contributed by atoms with E-state index in [1.54, 1.807) is 35.9 Å². The van der Waals surface area contributed by atoms with Gasteiger partial charge in [-0.1, -0.05) is 24.9 Å². The van der Waals surface area contributed by atoms with E-state index < -0.39 is 17.9 Å². The number of aliphatic carboxylic acids is 1. The summed E-state index contributed by atoms with van der Waals surface area (Å²) in [6.07, 6.45) is 2.48. The lowest BCUT2D eigenvalue weighted by atomic mass is 10.1. The Balaban J connectivity index is 2.22. The van der Waals surface area contributed by atoms with Gasteiger partial charge in [-0.15, -0.1) is 0 Å². The summed E-state index contributed by atoms with van der Waals surface area (Å²) in [5, 5.41) is 16.5. The van der Waals surface area contributed by atoms with Gasteiger partial charge >= 0.3 is 5.97 Å². The summed E-state index contributed by atoms with van der Waals surface area (Å²) in [6, 6.07) is 6.16. The van der Waals surface area contributed by atoms with E-state index in [0.717, 1.165) is 5.69 Å². The highest BCUT2D eigenvalue weighted by Crippen LogP contribution is 2.17. The van der Waals surface area contributed by atoms with Crippen molar-refractivity contribution in [3.05, 3.63) is 46.7 Å². The molecule has 2 N–H and O–H groups in total. The van der Waals surface area contributed by atoms with Crippen molar-refractivity contribution in [2.45, 2.75) is 32.7 Å². The van der Waals surface area contributed by atoms with Crippen molar-refractivity contribution in [2.75, 3.05) is 0 Å². The highest BCUT2D eigenvalue weighted by Gasteiger charge is 2.22. The first kappa shape index (κ1) is 17.0. The lowest BCUT2D eigenvalue weighted by Gasteiger charge is -2.13. The number of carboxylic acids is 1. The minimum absolute atomic E-state index is 0.349. The summed E-state index contributed by atoms with van der Waals surface area (Å²) in [7, 11) is 0. The number of nitrogens with one attached hydrogen (secondary N) is 1. The summed E-state index contributed by atoms with van der Waals surface area (Å²) in [5.74, 6) is -1.48. The fraction of sp³-hybridized carbons (Fsp3) is 0.312. The molecule has 0 saturated heterocycles. The summed E-state index contributed by atoms with van der Waals surface area (Å²) >= 11 is 5.86. The topological polar surface area (TPSA) is 84.2 Å². The maximum absolute atomic E-state index is 12.3. The average Bonchev–Trinajstić information content (AvgIpc) is 2.89. The minimum Gasteiger partial charge on any atom is -0.480 e. The summed E-state index contributed by atoms with van der Waals surface area (Å²) < 4.78 is 1.61. The zero-order valence-corrected chi connectivity index (χ0v) is 13.7. The van der Waals surface area contributed by atoms with Crippen LogP contribution in [0.2, 0.25) is 5.02 Å². The quantitative estimate of drug-likeness (QED) is 0.850. The van der Waals surface area contributed by atoms with E-state index in [0.29, 0.717) is 29.1 Å². The van der Waals surface area contributed by atoms with E-state index in [9.17, 15) is 9.59 Å². The Hall–Kier alpha value is -2.34. The molecular weight excluding hydrogens is 318 g/mol. The number of benzene rings is 1. The molecule has 7 heteroatoms. The van der Waals surface area contributed by atoms with Gasteiger partial charge in [0.1, 0.15) is 6.04 Å². The molecule has 0 saturated carbocycles. The van der Waals surface area contributed by atoms with Crippen LogP contribution in [0.15, 0.2) is 30.5 Å². The van der Waals surface area contributed by atoms with E-state index in [1.807, 2.05) is 6.92 Å². The van der Waals surface area contributed by atoms with Gasteiger partial charge in [0.2, 0.25) is 0 Å². The summed E-state index contributed by atoms with van der Waals surface area (Å²) in [4.78, 5) is 23.5. The van der Waals surface area contributed by atoms with Crippen molar-refractivity contribution in [2.24, 2.45) is 0 Å². The van der Waals surface area contributed by atoms with Gasteiger partial charge in [-0.2, -0.15) is 5.10 Å². The predicted octanol–water partition coefficient (Wildman–Crippen LogP) is 2.82. The van der Waals surface area contributed by atoms with Crippen LogP contribution in [0.5, 0.6) is 0 Å². The molecule has 0 fully saturated rings. The van der Waals surface area contributed by atoms with Crippen molar-refractivity contribution in [3.63, 3.8) is 0 Å². The highest BCUT2D eigenvalue weighted by atomic mass is 35.5. The number of carbonyl (C=O) groups is 2. The average molecular weight is 336 g/mol. The molecule has 23 heavy (non-hydrogen) atoms. The molecule has 0 spiro atoms. The van der Waals surface area contributed by atoms with Crippen LogP contribution < -0.4 is 5.32 Å². The predicted molar refractivity (Wildman–Crippen MR) is 87.1 cm³/mol. The van der Waals surface area contributed by atoms with Crippen LogP contribution in [0.4, 0.5) is 0 Å². The van der Waals surface area contributed by atoms with E-state index in [2.05, 4.69) is 10.4 Å². The number of hydrogen-bond donors (Lipinski definition) is 2. The third-order valence-corrected chi connectivity index (χ3v) is 3.76. The van der Waals surface area contributed by atoms with Crippen molar-refractivity contribution < 1.29 is 14.7 Å². The zero-order chi connectivity index (χ0) is 17.0. The second-order valence-corrected chi connectivity index (χ2v) is 5.62. The second-order valence-electron chi connectivity index (χ2n) is 5.18. The van der Waals surface area contributed by atoms with Crippen LogP contribution in [0.1, 0.15) is 35.8 Å². The molecule has 6 nitrogen and oxygen atoms in total. The number of amides is 1. The molecule has 1 heterocycles. The van der Waals surface area contributed by atoms with Gasteiger partial charge in [-0.05, 0) is 37.6 Å². The normalized spacial score (nSPS) is 12.0. The summed E-state index contributed by atoms with van der Waals surface area (Å²) in [5.41, 5.74) is 1.75. The fourth-order valence-corrected chi connectivity index (χ4v) is 2.38. The molecule has 1 amide bonds. The van der Waals surface area contributed by atoms with Gasteiger partial charge in [0.15, 0.2) is 0 Å². The Morgan fingerprint density at radius 3 is 2.57 bits per heavy atom. The van der Waals surface area contributed by atoms with E-state index in [-0.39, 0.29) is 0 Å². The van der Waals surface area contributed by atoms with E-state index in [4.69, 9.17) is 16.7 Å². The number of aromatic nitrogens is 2. The first-order valence-corrected chi connectivity index (χ1v) is 7.66. The minimum atomic E-state index is -1.04. The summed E-state index contributed by atoms with van der Waals surface area (Å²) in [6.45, 7) is 3.62. The van der Waals surface area contributed by atoms with Crippen molar-refractivity contribution >= 4 is 23.5 Å². The molecule has 1 unspecified atom stereocenters. The van der Waals surface area contributed by atoms with E-state index in [1.165, 1.54) is 6.20 Å². The Morgan fingerprint density at radius 2 is 2.00 bits per heavy atom. The van der Waals surface area contributed by atoms with Crippen molar-refractivity contribution in [1.29, 1.82) is 0 Å². The van der Waals surface area contributed by atoms with Gasteiger partial charge in [-0.25, -0.2) is 9.48 Å². The molecule has 122 valence electrons. The Labute approximate surface area is 139 Å². The standard InChI is InChI=1S/C16H18ClN3O3/c1-3-4-14(16(22)23)19-15(21)13-9-18-20(10(13)2)12-7-5-11(17)6-8-12/h5-9,14H,3-4H2,1-2H3,(H,19,21)(H,22,23). The smallest absolute Gasteiger partial charge is 0.326 e. The molecule has 2 rings (SSSR count). The van der Waals surface area contributed by atoms with Crippen LogP contribution in [0, 0.1) is 6.92 Å². The Kier molecular flexibility index (Phi) is 5.39. The molecule has 1 aromatic heterocycles. The van der Waals surface area contributed by atoms with Gasteiger partial charge in [0.25, 0.3) is 5.91 Å². The molecule has 1 atom stereocenters. The number of nitrogens with zero attached hydrogens (tertiary/aromatic N) is 2. The van der Waals surface area contributed by atoms with E-state index >= 15 is 0 Å². The molecule has 0 bridgehead atoms. The van der Waals surface area contributed by atoms with Crippen LogP contribution in [-0.2, 0) is 4.79 Å². The maximum Gasteiger partial charge on any atom is 0.326 e. The maximum atomic E-state index is 12.3. The number of hydrogen-bond acceptors (Lipinski definition) is 3. The second kappa shape index (κ2) is 7.28. The third kappa shape index (κ3) is 3.90. The zero-order valence-electron chi connectivity index (χ0n) is 12.9. The number of rotatable bonds is 6. The largest absolute Gasteiger partial charge is 0.480 e.